The van der Waals surface area contributed by atoms with Crippen molar-refractivity contribution in [2.75, 3.05) is 6.54 Å². The second kappa shape index (κ2) is 5.64. The Labute approximate surface area is 95.0 Å². The van der Waals surface area contributed by atoms with Crippen molar-refractivity contribution in [3.05, 3.63) is 34.3 Å². The van der Waals surface area contributed by atoms with E-state index in [1.54, 1.807) is 0 Å². The third kappa shape index (κ3) is 3.52. The van der Waals surface area contributed by atoms with E-state index in [-0.39, 0.29) is 0 Å². The molecule has 0 radical (unpaired) electrons. The molecule has 1 atom stereocenters. The summed E-state index contributed by atoms with van der Waals surface area (Å²) in [4.78, 5) is 0. The Kier molecular flexibility index (Phi) is 4.79. The van der Waals surface area contributed by atoms with Crippen LogP contribution in [0.25, 0.3) is 0 Å². The zero-order valence-electron chi connectivity index (χ0n) is 8.59. The van der Waals surface area contributed by atoms with Crippen LogP contribution in [-0.2, 0) is 5.75 Å². The van der Waals surface area contributed by atoms with Gasteiger partial charge in [0.1, 0.15) is 0 Å². The van der Waals surface area contributed by atoms with Crippen LogP contribution in [0.2, 0.25) is 5.02 Å². The first-order chi connectivity index (χ1) is 6.63. The summed E-state index contributed by atoms with van der Waals surface area (Å²) >= 11 is 7.95. The lowest BCUT2D eigenvalue weighted by molar-refractivity contribution is 0.951. The third-order valence-electron chi connectivity index (χ3n) is 2.06. The van der Waals surface area contributed by atoms with Gasteiger partial charge >= 0.3 is 0 Å². The normalized spacial score (nSPS) is 12.9. The predicted octanol–water partition coefficient (Wildman–Crippen LogP) is 3.23. The monoisotopic (exact) mass is 229 g/mol. The summed E-state index contributed by atoms with van der Waals surface area (Å²) in [5.41, 5.74) is 7.95. The highest BCUT2D eigenvalue weighted by Gasteiger charge is 2.03. The Bertz CT molecular complexity index is 301. The van der Waals surface area contributed by atoms with Gasteiger partial charge in [-0.3, -0.25) is 0 Å². The fraction of sp³-hybridized carbons (Fsp3) is 0.455. The van der Waals surface area contributed by atoms with Crippen molar-refractivity contribution >= 4 is 23.4 Å². The molecule has 78 valence electrons. The first kappa shape index (κ1) is 11.9. The van der Waals surface area contributed by atoms with Gasteiger partial charge in [-0.05, 0) is 24.1 Å². The molecule has 1 nitrogen and oxygen atoms in total. The third-order valence-corrected chi connectivity index (χ3v) is 3.65. The van der Waals surface area contributed by atoms with E-state index < -0.39 is 0 Å². The van der Waals surface area contributed by atoms with Gasteiger partial charge in [0, 0.05) is 22.6 Å². The Morgan fingerprint density at radius 3 is 2.79 bits per heavy atom. The molecule has 0 saturated carbocycles. The van der Waals surface area contributed by atoms with Crippen molar-refractivity contribution in [1.29, 1.82) is 0 Å². The SMILES string of the molecule is Cc1ccc(CSC(C)CN)c(Cl)c1. The summed E-state index contributed by atoms with van der Waals surface area (Å²) in [6.07, 6.45) is 0. The van der Waals surface area contributed by atoms with Crippen LogP contribution in [0, 0.1) is 6.92 Å². The Morgan fingerprint density at radius 2 is 2.21 bits per heavy atom. The summed E-state index contributed by atoms with van der Waals surface area (Å²) in [6.45, 7) is 4.90. The molecule has 1 rings (SSSR count). The van der Waals surface area contributed by atoms with Crippen molar-refractivity contribution in [2.45, 2.75) is 24.9 Å². The highest BCUT2D eigenvalue weighted by Crippen LogP contribution is 2.24. The Morgan fingerprint density at radius 1 is 1.50 bits per heavy atom. The zero-order chi connectivity index (χ0) is 10.6. The molecule has 0 aliphatic heterocycles. The molecular formula is C11H16ClNS. The van der Waals surface area contributed by atoms with Crippen molar-refractivity contribution in [1.82, 2.24) is 0 Å². The Hall–Kier alpha value is -0.180. The van der Waals surface area contributed by atoms with Crippen LogP contribution in [0.1, 0.15) is 18.1 Å². The van der Waals surface area contributed by atoms with Crippen LogP contribution in [0.3, 0.4) is 0 Å². The maximum atomic E-state index is 6.11. The van der Waals surface area contributed by atoms with Gasteiger partial charge in [-0.15, -0.1) is 0 Å². The van der Waals surface area contributed by atoms with Gasteiger partial charge in [0.05, 0.1) is 0 Å². The van der Waals surface area contributed by atoms with Gasteiger partial charge in [-0.25, -0.2) is 0 Å². The molecule has 0 amide bonds. The van der Waals surface area contributed by atoms with Crippen LogP contribution in [-0.4, -0.2) is 11.8 Å². The first-order valence-electron chi connectivity index (χ1n) is 4.70. The number of hydrogen-bond donors (Lipinski definition) is 1. The number of aryl methyl sites for hydroxylation is 1. The number of hydrogen-bond acceptors (Lipinski definition) is 2. The van der Waals surface area contributed by atoms with Crippen LogP contribution in [0.15, 0.2) is 18.2 Å². The van der Waals surface area contributed by atoms with Gasteiger partial charge in [0.15, 0.2) is 0 Å². The molecule has 1 aromatic carbocycles. The van der Waals surface area contributed by atoms with E-state index >= 15 is 0 Å². The molecular weight excluding hydrogens is 214 g/mol. The van der Waals surface area contributed by atoms with Crippen LogP contribution in [0.5, 0.6) is 0 Å². The maximum Gasteiger partial charge on any atom is 0.0449 e. The van der Waals surface area contributed by atoms with Crippen molar-refractivity contribution in [3.8, 4) is 0 Å². The minimum absolute atomic E-state index is 0.493. The zero-order valence-corrected chi connectivity index (χ0v) is 10.2. The molecule has 0 saturated heterocycles. The van der Waals surface area contributed by atoms with Crippen molar-refractivity contribution in [3.63, 3.8) is 0 Å². The maximum absolute atomic E-state index is 6.11. The molecule has 0 aromatic heterocycles. The highest BCUT2D eigenvalue weighted by atomic mass is 35.5. The highest BCUT2D eigenvalue weighted by molar-refractivity contribution is 7.99. The van der Waals surface area contributed by atoms with Gasteiger partial charge < -0.3 is 5.73 Å². The smallest absolute Gasteiger partial charge is 0.0449 e. The van der Waals surface area contributed by atoms with Crippen molar-refractivity contribution < 1.29 is 0 Å². The number of thioether (sulfide) groups is 1. The van der Waals surface area contributed by atoms with E-state index in [1.807, 2.05) is 24.8 Å². The summed E-state index contributed by atoms with van der Waals surface area (Å²) in [6, 6.07) is 6.19. The van der Waals surface area contributed by atoms with E-state index in [0.29, 0.717) is 11.8 Å². The summed E-state index contributed by atoms with van der Waals surface area (Å²) in [5.74, 6) is 0.942. The van der Waals surface area contributed by atoms with Crippen LogP contribution in [0.4, 0.5) is 0 Å². The lowest BCUT2D eigenvalue weighted by Crippen LogP contribution is -2.12. The second-order valence-electron chi connectivity index (χ2n) is 3.45. The molecule has 1 aromatic rings. The topological polar surface area (TPSA) is 26.0 Å². The molecule has 0 aliphatic carbocycles. The van der Waals surface area contributed by atoms with Crippen LogP contribution >= 0.6 is 23.4 Å². The van der Waals surface area contributed by atoms with E-state index in [0.717, 1.165) is 10.8 Å². The van der Waals surface area contributed by atoms with E-state index in [4.69, 9.17) is 17.3 Å². The van der Waals surface area contributed by atoms with Gasteiger partial charge in [0.25, 0.3) is 0 Å². The standard InChI is InChI=1S/C11H16ClNS/c1-8-3-4-10(11(12)5-8)7-14-9(2)6-13/h3-5,9H,6-7,13H2,1-2H3. The predicted molar refractivity (Wildman–Crippen MR) is 66.0 cm³/mol. The summed E-state index contributed by atoms with van der Waals surface area (Å²) in [5, 5.41) is 1.36. The number of rotatable bonds is 4. The minimum atomic E-state index is 0.493. The lowest BCUT2D eigenvalue weighted by atomic mass is 10.2. The molecule has 0 spiro atoms. The fourth-order valence-corrected chi connectivity index (χ4v) is 2.30. The molecule has 0 fully saturated rings. The lowest BCUT2D eigenvalue weighted by Gasteiger charge is -2.09. The van der Waals surface area contributed by atoms with Gasteiger partial charge in [-0.2, -0.15) is 11.8 Å². The van der Waals surface area contributed by atoms with E-state index in [9.17, 15) is 0 Å². The summed E-state index contributed by atoms with van der Waals surface area (Å²) < 4.78 is 0. The quantitative estimate of drug-likeness (QED) is 0.858. The molecule has 0 heterocycles. The molecule has 0 aliphatic rings. The second-order valence-corrected chi connectivity index (χ2v) is 5.29. The molecule has 2 N–H and O–H groups in total. The average molecular weight is 230 g/mol. The van der Waals surface area contributed by atoms with E-state index in [2.05, 4.69) is 19.1 Å². The molecule has 3 heteroatoms. The molecule has 0 bridgehead atoms. The van der Waals surface area contributed by atoms with E-state index in [1.165, 1.54) is 11.1 Å². The fourth-order valence-electron chi connectivity index (χ4n) is 1.07. The molecule has 1 unspecified atom stereocenters. The first-order valence-corrected chi connectivity index (χ1v) is 6.13. The largest absolute Gasteiger partial charge is 0.329 e. The number of benzene rings is 1. The average Bonchev–Trinajstić information content (AvgIpc) is 2.16. The van der Waals surface area contributed by atoms with Crippen molar-refractivity contribution in [2.24, 2.45) is 5.73 Å². The summed E-state index contributed by atoms with van der Waals surface area (Å²) in [7, 11) is 0. The number of nitrogens with two attached hydrogens (primary N) is 1. The van der Waals surface area contributed by atoms with Gasteiger partial charge in [-0.1, -0.05) is 30.7 Å². The minimum Gasteiger partial charge on any atom is -0.329 e. The van der Waals surface area contributed by atoms with Gasteiger partial charge in [0.2, 0.25) is 0 Å². The van der Waals surface area contributed by atoms with Crippen LogP contribution < -0.4 is 5.73 Å². The number of halogens is 1. The molecule has 14 heavy (non-hydrogen) atoms. The Balaban J connectivity index is 2.59.